The second-order valence-corrected chi connectivity index (χ2v) is 6.96. The van der Waals surface area contributed by atoms with Crippen molar-refractivity contribution in [2.24, 2.45) is 0 Å². The number of aryl methyl sites for hydroxylation is 1. The molecule has 0 heterocycles. The summed E-state index contributed by atoms with van der Waals surface area (Å²) in [5.74, 6) is 0.629. The molecule has 0 aliphatic heterocycles. The highest BCUT2D eigenvalue weighted by atomic mass is 35.5. The van der Waals surface area contributed by atoms with E-state index in [2.05, 4.69) is 5.32 Å². The molecule has 0 spiro atoms. The van der Waals surface area contributed by atoms with E-state index in [0.717, 1.165) is 4.90 Å². The van der Waals surface area contributed by atoms with Gasteiger partial charge in [-0.25, -0.2) is 0 Å². The number of nitrogens with one attached hydrogen (secondary N) is 1. The van der Waals surface area contributed by atoms with Gasteiger partial charge in [0.25, 0.3) is 0 Å². The van der Waals surface area contributed by atoms with Crippen LogP contribution < -0.4 is 10.1 Å². The Morgan fingerprint density at radius 1 is 1.22 bits per heavy atom. The average Bonchev–Trinajstić information content (AvgIpc) is 2.55. The van der Waals surface area contributed by atoms with Crippen molar-refractivity contribution < 1.29 is 9.53 Å². The predicted molar refractivity (Wildman–Crippen MR) is 96.5 cm³/mol. The lowest BCUT2D eigenvalue weighted by molar-refractivity contribution is -0.120. The van der Waals surface area contributed by atoms with Crippen LogP contribution in [0.5, 0.6) is 5.75 Å². The summed E-state index contributed by atoms with van der Waals surface area (Å²) in [4.78, 5) is 13.2. The summed E-state index contributed by atoms with van der Waals surface area (Å²) < 4.78 is 5.54. The Labute approximate surface area is 146 Å². The fourth-order valence-corrected chi connectivity index (χ4v) is 3.00. The zero-order chi connectivity index (χ0) is 16.7. The predicted octanol–water partition coefficient (Wildman–Crippen LogP) is 4.32. The Morgan fingerprint density at radius 3 is 2.61 bits per heavy atom. The number of carbonyl (C=O) groups excluding carboxylic acids is 1. The first-order valence-corrected chi connectivity index (χ1v) is 8.70. The van der Waals surface area contributed by atoms with Gasteiger partial charge in [-0.2, -0.15) is 0 Å². The molecule has 2 rings (SSSR count). The second kappa shape index (κ2) is 8.85. The first kappa shape index (κ1) is 17.7. The van der Waals surface area contributed by atoms with Crippen molar-refractivity contribution in [2.45, 2.75) is 24.0 Å². The largest absolute Gasteiger partial charge is 0.490 e. The van der Waals surface area contributed by atoms with Crippen molar-refractivity contribution in [2.75, 3.05) is 13.2 Å². The van der Waals surface area contributed by atoms with Crippen LogP contribution >= 0.6 is 23.4 Å². The lowest BCUT2D eigenvalue weighted by Gasteiger charge is -2.13. The van der Waals surface area contributed by atoms with Gasteiger partial charge in [0, 0.05) is 4.90 Å². The molecule has 0 fully saturated rings. The Kier molecular flexibility index (Phi) is 6.81. The molecule has 1 N–H and O–H groups in total. The van der Waals surface area contributed by atoms with Crippen LogP contribution in [0.15, 0.2) is 53.4 Å². The summed E-state index contributed by atoms with van der Waals surface area (Å²) in [7, 11) is 0. The van der Waals surface area contributed by atoms with Gasteiger partial charge in [-0.3, -0.25) is 4.79 Å². The number of hydrogen-bond acceptors (Lipinski definition) is 3. The van der Waals surface area contributed by atoms with Gasteiger partial charge in [-0.05, 0) is 38.1 Å². The van der Waals surface area contributed by atoms with E-state index in [1.807, 2.05) is 50.2 Å². The number of benzene rings is 2. The third kappa shape index (κ3) is 5.81. The van der Waals surface area contributed by atoms with Crippen LogP contribution in [0, 0.1) is 6.92 Å². The van der Waals surface area contributed by atoms with E-state index in [0.29, 0.717) is 23.9 Å². The summed E-state index contributed by atoms with van der Waals surface area (Å²) in [6.45, 7) is 4.78. The molecule has 1 amide bonds. The van der Waals surface area contributed by atoms with Crippen LogP contribution in [-0.2, 0) is 4.79 Å². The van der Waals surface area contributed by atoms with E-state index in [4.69, 9.17) is 16.3 Å². The lowest BCUT2D eigenvalue weighted by Crippen LogP contribution is -2.33. The van der Waals surface area contributed by atoms with Gasteiger partial charge in [0.05, 0.1) is 16.8 Å². The molecule has 23 heavy (non-hydrogen) atoms. The molecule has 2 aromatic carbocycles. The van der Waals surface area contributed by atoms with Gasteiger partial charge in [0.15, 0.2) is 0 Å². The van der Waals surface area contributed by atoms with Gasteiger partial charge >= 0.3 is 0 Å². The lowest BCUT2D eigenvalue weighted by atomic mass is 10.2. The van der Waals surface area contributed by atoms with Crippen molar-refractivity contribution in [3.05, 3.63) is 59.1 Å². The monoisotopic (exact) mass is 349 g/mol. The van der Waals surface area contributed by atoms with Crippen LogP contribution in [-0.4, -0.2) is 24.3 Å². The quantitative estimate of drug-likeness (QED) is 0.597. The van der Waals surface area contributed by atoms with E-state index in [9.17, 15) is 4.79 Å². The van der Waals surface area contributed by atoms with Crippen molar-refractivity contribution in [1.29, 1.82) is 0 Å². The van der Waals surface area contributed by atoms with Gasteiger partial charge in [0.2, 0.25) is 5.91 Å². The summed E-state index contributed by atoms with van der Waals surface area (Å²) in [5, 5.41) is 3.29. The van der Waals surface area contributed by atoms with E-state index < -0.39 is 0 Å². The van der Waals surface area contributed by atoms with Crippen molar-refractivity contribution in [1.82, 2.24) is 5.32 Å². The number of carbonyl (C=O) groups is 1. The van der Waals surface area contributed by atoms with E-state index >= 15 is 0 Å². The summed E-state index contributed by atoms with van der Waals surface area (Å²) in [6, 6.07) is 15.4. The number of para-hydroxylation sites is 1. The molecule has 5 heteroatoms. The number of amides is 1. The van der Waals surface area contributed by atoms with Crippen LogP contribution in [0.2, 0.25) is 5.02 Å². The minimum Gasteiger partial charge on any atom is -0.490 e. The fraction of sp³-hybridized carbons (Fsp3) is 0.278. The van der Waals surface area contributed by atoms with E-state index in [1.54, 1.807) is 23.9 Å². The number of hydrogen-bond donors (Lipinski definition) is 1. The van der Waals surface area contributed by atoms with Crippen LogP contribution in [0.25, 0.3) is 0 Å². The Morgan fingerprint density at radius 2 is 1.91 bits per heavy atom. The van der Waals surface area contributed by atoms with Gasteiger partial charge < -0.3 is 10.1 Å². The number of halogens is 1. The zero-order valence-corrected chi connectivity index (χ0v) is 14.8. The highest BCUT2D eigenvalue weighted by Crippen LogP contribution is 2.24. The maximum absolute atomic E-state index is 12.1. The SMILES string of the molecule is Cc1ccc(S[C@@H](C)C(=O)NCCOc2ccccc2Cl)cc1. The van der Waals surface area contributed by atoms with Crippen LogP contribution in [0.4, 0.5) is 0 Å². The first-order valence-electron chi connectivity index (χ1n) is 7.44. The molecule has 122 valence electrons. The molecule has 0 aliphatic rings. The summed E-state index contributed by atoms with van der Waals surface area (Å²) in [6.07, 6.45) is 0. The molecule has 0 unspecified atom stereocenters. The van der Waals surface area contributed by atoms with Crippen molar-refractivity contribution in [3.8, 4) is 5.75 Å². The third-order valence-electron chi connectivity index (χ3n) is 3.20. The molecule has 1 atom stereocenters. The maximum Gasteiger partial charge on any atom is 0.233 e. The first-order chi connectivity index (χ1) is 11.1. The van der Waals surface area contributed by atoms with Gasteiger partial charge in [-0.15, -0.1) is 11.8 Å². The maximum atomic E-state index is 12.1. The normalized spacial score (nSPS) is 11.8. The summed E-state index contributed by atoms with van der Waals surface area (Å²) in [5.41, 5.74) is 1.21. The Balaban J connectivity index is 1.72. The highest BCUT2D eigenvalue weighted by Gasteiger charge is 2.13. The average molecular weight is 350 g/mol. The van der Waals surface area contributed by atoms with Gasteiger partial charge in [0.1, 0.15) is 12.4 Å². The number of rotatable bonds is 7. The highest BCUT2D eigenvalue weighted by molar-refractivity contribution is 8.00. The molecular formula is C18H20ClNO2S. The number of thioether (sulfide) groups is 1. The Bertz CT molecular complexity index is 646. The molecule has 0 aromatic heterocycles. The van der Waals surface area contributed by atoms with Crippen LogP contribution in [0.3, 0.4) is 0 Å². The fourth-order valence-electron chi connectivity index (χ4n) is 1.92. The number of ether oxygens (including phenoxy) is 1. The minimum absolute atomic E-state index is 0.00154. The van der Waals surface area contributed by atoms with Crippen molar-refractivity contribution >= 4 is 29.3 Å². The van der Waals surface area contributed by atoms with Crippen LogP contribution in [0.1, 0.15) is 12.5 Å². The summed E-state index contributed by atoms with van der Waals surface area (Å²) >= 11 is 7.55. The third-order valence-corrected chi connectivity index (χ3v) is 4.62. The molecule has 0 radical (unpaired) electrons. The van der Waals surface area contributed by atoms with E-state index in [1.165, 1.54) is 5.56 Å². The van der Waals surface area contributed by atoms with Crippen molar-refractivity contribution in [3.63, 3.8) is 0 Å². The minimum atomic E-state index is -0.155. The molecule has 0 saturated heterocycles. The standard InChI is InChI=1S/C18H20ClNO2S/c1-13-7-9-15(10-8-13)23-14(2)18(21)20-11-12-22-17-6-4-3-5-16(17)19/h3-10,14H,11-12H2,1-2H3,(H,20,21)/t14-/m0/s1. The second-order valence-electron chi connectivity index (χ2n) is 5.14. The van der Waals surface area contributed by atoms with E-state index in [-0.39, 0.29) is 11.2 Å². The van der Waals surface area contributed by atoms with Gasteiger partial charge in [-0.1, -0.05) is 41.4 Å². The smallest absolute Gasteiger partial charge is 0.233 e. The molecule has 2 aromatic rings. The Hall–Kier alpha value is -1.65. The molecular weight excluding hydrogens is 330 g/mol. The molecule has 0 bridgehead atoms. The molecule has 0 saturated carbocycles. The topological polar surface area (TPSA) is 38.3 Å². The molecule has 3 nitrogen and oxygen atoms in total. The molecule has 0 aliphatic carbocycles. The zero-order valence-electron chi connectivity index (χ0n) is 13.2.